The minimum atomic E-state index is -0.0203. The molecular weight excluding hydrogens is 444 g/mol. The summed E-state index contributed by atoms with van der Waals surface area (Å²) in [6.07, 6.45) is 3.99. The van der Waals surface area contributed by atoms with Crippen LogP contribution in [0.5, 0.6) is 0 Å². The lowest BCUT2D eigenvalue weighted by molar-refractivity contribution is 0.0349. The summed E-state index contributed by atoms with van der Waals surface area (Å²) < 4.78 is 7.80. The number of nitrogens with zero attached hydrogens (tertiary/aromatic N) is 5. The summed E-state index contributed by atoms with van der Waals surface area (Å²) in [5.74, 6) is 0. The maximum Gasteiger partial charge on any atom is 0.170 e. The summed E-state index contributed by atoms with van der Waals surface area (Å²) >= 11 is 5.87. The molecule has 2 saturated heterocycles. The number of ether oxygens (including phenoxy) is 1. The molecule has 1 aromatic carbocycles. The van der Waals surface area contributed by atoms with Crippen LogP contribution in [0.15, 0.2) is 67.0 Å². The first-order chi connectivity index (χ1) is 16.6. The molecule has 4 heterocycles. The number of morpholine rings is 1. The third kappa shape index (κ3) is 4.66. The molecule has 2 aromatic heterocycles. The Kier molecular flexibility index (Phi) is 6.80. The van der Waals surface area contributed by atoms with Gasteiger partial charge < -0.3 is 24.4 Å². The van der Waals surface area contributed by atoms with Crippen LogP contribution in [-0.2, 0) is 4.74 Å². The molecule has 1 N–H and O–H groups in total. The Morgan fingerprint density at radius 1 is 1.03 bits per heavy atom. The molecule has 34 heavy (non-hydrogen) atoms. The van der Waals surface area contributed by atoms with Gasteiger partial charge in [-0.3, -0.25) is 9.88 Å². The smallest absolute Gasteiger partial charge is 0.170 e. The topological polar surface area (TPSA) is 48.8 Å². The van der Waals surface area contributed by atoms with Gasteiger partial charge in [0.2, 0.25) is 0 Å². The van der Waals surface area contributed by atoms with Gasteiger partial charge in [0.15, 0.2) is 5.11 Å². The molecule has 5 rings (SSSR count). The average Bonchev–Trinajstić information content (AvgIpc) is 3.48. The first-order valence-corrected chi connectivity index (χ1v) is 12.3. The average molecular weight is 477 g/mol. The second kappa shape index (κ2) is 10.1. The Bertz CT molecular complexity index is 1090. The number of hydrogen-bond donors (Lipinski definition) is 1. The van der Waals surface area contributed by atoms with E-state index in [1.54, 1.807) is 0 Å². The maximum atomic E-state index is 5.87. The van der Waals surface area contributed by atoms with Gasteiger partial charge in [-0.1, -0.05) is 6.07 Å². The van der Waals surface area contributed by atoms with E-state index < -0.39 is 0 Å². The van der Waals surface area contributed by atoms with Crippen molar-refractivity contribution in [1.82, 2.24) is 24.7 Å². The summed E-state index contributed by atoms with van der Waals surface area (Å²) in [4.78, 5) is 11.6. The Labute approximate surface area is 206 Å². The van der Waals surface area contributed by atoms with Crippen LogP contribution in [0.2, 0.25) is 0 Å². The number of aromatic nitrogens is 2. The zero-order valence-corrected chi connectivity index (χ0v) is 20.6. The lowest BCUT2D eigenvalue weighted by Gasteiger charge is -2.32. The number of benzene rings is 1. The fourth-order valence-electron chi connectivity index (χ4n) is 4.82. The van der Waals surface area contributed by atoms with Crippen molar-refractivity contribution in [2.75, 3.05) is 58.4 Å². The van der Waals surface area contributed by atoms with Gasteiger partial charge in [-0.05, 0) is 60.7 Å². The lowest BCUT2D eigenvalue weighted by Crippen LogP contribution is -2.42. The Hall–Kier alpha value is -2.94. The number of thiocarbonyl (C=S) groups is 1. The summed E-state index contributed by atoms with van der Waals surface area (Å²) in [7, 11) is 4.12. The van der Waals surface area contributed by atoms with Crippen molar-refractivity contribution >= 4 is 23.0 Å². The number of anilines is 1. The van der Waals surface area contributed by atoms with Gasteiger partial charge in [0.1, 0.15) is 0 Å². The van der Waals surface area contributed by atoms with Crippen LogP contribution in [-0.4, -0.2) is 78.0 Å². The quantitative estimate of drug-likeness (QED) is 0.526. The molecule has 2 fully saturated rings. The van der Waals surface area contributed by atoms with Crippen molar-refractivity contribution in [2.24, 2.45) is 0 Å². The summed E-state index contributed by atoms with van der Waals surface area (Å²) in [5.41, 5.74) is 4.51. The molecule has 0 aliphatic carbocycles. The number of rotatable bonds is 7. The minimum Gasteiger partial charge on any atom is -0.379 e. The third-order valence-corrected chi connectivity index (χ3v) is 7.04. The summed E-state index contributed by atoms with van der Waals surface area (Å²) in [6, 6.07) is 19.1. The van der Waals surface area contributed by atoms with E-state index in [1.807, 2.05) is 18.3 Å². The molecule has 2 atom stereocenters. The Morgan fingerprint density at radius 3 is 2.53 bits per heavy atom. The maximum absolute atomic E-state index is 5.87. The van der Waals surface area contributed by atoms with Gasteiger partial charge in [0.05, 0.1) is 31.0 Å². The molecule has 0 saturated carbocycles. The number of hydrogen-bond acceptors (Lipinski definition) is 5. The highest BCUT2D eigenvalue weighted by atomic mass is 32.1. The first-order valence-electron chi connectivity index (χ1n) is 11.8. The van der Waals surface area contributed by atoms with E-state index in [4.69, 9.17) is 17.0 Å². The largest absolute Gasteiger partial charge is 0.379 e. The lowest BCUT2D eigenvalue weighted by atomic mass is 10.0. The molecule has 2 aliphatic heterocycles. The second-order valence-electron chi connectivity index (χ2n) is 8.99. The van der Waals surface area contributed by atoms with Crippen molar-refractivity contribution < 1.29 is 4.74 Å². The molecule has 0 amide bonds. The van der Waals surface area contributed by atoms with E-state index >= 15 is 0 Å². The van der Waals surface area contributed by atoms with Crippen molar-refractivity contribution in [3.8, 4) is 5.69 Å². The van der Waals surface area contributed by atoms with Crippen LogP contribution >= 0.6 is 12.2 Å². The second-order valence-corrected chi connectivity index (χ2v) is 9.37. The van der Waals surface area contributed by atoms with Gasteiger partial charge >= 0.3 is 0 Å². The fraction of sp³-hybridized carbons (Fsp3) is 0.385. The molecule has 0 radical (unpaired) electrons. The molecular formula is C26H32N6OS. The summed E-state index contributed by atoms with van der Waals surface area (Å²) in [5, 5.41) is 4.36. The highest BCUT2D eigenvalue weighted by molar-refractivity contribution is 7.80. The van der Waals surface area contributed by atoms with E-state index in [0.717, 1.165) is 55.9 Å². The fourth-order valence-corrected chi connectivity index (χ4v) is 5.16. The van der Waals surface area contributed by atoms with Gasteiger partial charge in [-0.25, -0.2) is 0 Å². The van der Waals surface area contributed by atoms with E-state index in [-0.39, 0.29) is 12.1 Å². The van der Waals surface area contributed by atoms with Crippen molar-refractivity contribution in [1.29, 1.82) is 0 Å². The zero-order valence-electron chi connectivity index (χ0n) is 19.8. The molecule has 0 bridgehead atoms. The molecule has 3 aromatic rings. The third-order valence-electron chi connectivity index (χ3n) is 6.69. The van der Waals surface area contributed by atoms with Crippen LogP contribution in [0, 0.1) is 0 Å². The van der Waals surface area contributed by atoms with Gasteiger partial charge in [-0.15, -0.1) is 0 Å². The van der Waals surface area contributed by atoms with Crippen LogP contribution in [0.25, 0.3) is 5.69 Å². The summed E-state index contributed by atoms with van der Waals surface area (Å²) in [6.45, 7) is 5.34. The molecule has 178 valence electrons. The van der Waals surface area contributed by atoms with E-state index in [1.165, 1.54) is 11.4 Å². The van der Waals surface area contributed by atoms with Crippen LogP contribution in [0.4, 0.5) is 5.69 Å². The van der Waals surface area contributed by atoms with E-state index in [9.17, 15) is 0 Å². The Balaban J connectivity index is 1.48. The van der Waals surface area contributed by atoms with Crippen LogP contribution in [0.1, 0.15) is 23.5 Å². The van der Waals surface area contributed by atoms with Gasteiger partial charge in [0, 0.05) is 69.7 Å². The van der Waals surface area contributed by atoms with Crippen LogP contribution < -0.4 is 10.2 Å². The van der Waals surface area contributed by atoms with E-state index in [0.29, 0.717) is 0 Å². The van der Waals surface area contributed by atoms with Crippen LogP contribution in [0.3, 0.4) is 0 Å². The van der Waals surface area contributed by atoms with Crippen molar-refractivity contribution in [3.05, 3.63) is 78.4 Å². The first kappa shape index (κ1) is 22.8. The van der Waals surface area contributed by atoms with Crippen molar-refractivity contribution in [3.63, 3.8) is 0 Å². The molecule has 7 nitrogen and oxygen atoms in total. The number of nitrogens with one attached hydrogen (secondary N) is 1. The van der Waals surface area contributed by atoms with Gasteiger partial charge in [-0.2, -0.15) is 0 Å². The van der Waals surface area contributed by atoms with Gasteiger partial charge in [0.25, 0.3) is 0 Å². The zero-order chi connectivity index (χ0) is 23.5. The minimum absolute atomic E-state index is 0.0203. The molecule has 0 spiro atoms. The predicted molar refractivity (Wildman–Crippen MR) is 140 cm³/mol. The van der Waals surface area contributed by atoms with Crippen molar-refractivity contribution in [2.45, 2.75) is 12.1 Å². The SMILES string of the molecule is CN(C)c1ccc(-n2cccc2C2C(c3ccccn3)NC(=S)N2CCN2CCOCC2)cc1. The standard InChI is InChI=1S/C26H32N6OS/c1-29(2)20-8-10-21(11-9-20)31-13-5-7-23(31)25-24(22-6-3-4-12-27-22)28-26(34)32(25)15-14-30-16-18-33-19-17-30/h3-13,24-25H,14-19H2,1-2H3,(H,28,34). The normalized spacial score (nSPS) is 21.0. The predicted octanol–water partition coefficient (Wildman–Crippen LogP) is 3.24. The molecule has 2 unspecified atom stereocenters. The highest BCUT2D eigenvalue weighted by Crippen LogP contribution is 2.39. The Morgan fingerprint density at radius 2 is 1.82 bits per heavy atom. The number of pyridine rings is 1. The van der Waals surface area contributed by atoms with E-state index in [2.05, 4.69) is 92.3 Å². The molecule has 8 heteroatoms. The molecule has 2 aliphatic rings. The monoisotopic (exact) mass is 476 g/mol. The highest BCUT2D eigenvalue weighted by Gasteiger charge is 2.41.